The van der Waals surface area contributed by atoms with E-state index in [-0.39, 0.29) is 11.7 Å². The second-order valence-electron chi connectivity index (χ2n) is 6.48. The lowest BCUT2D eigenvalue weighted by Gasteiger charge is -2.20. The van der Waals surface area contributed by atoms with Crippen molar-refractivity contribution < 1.29 is 9.18 Å². The maximum Gasteiger partial charge on any atom is 0.222 e. The van der Waals surface area contributed by atoms with Crippen molar-refractivity contribution in [2.24, 2.45) is 0 Å². The third-order valence-corrected chi connectivity index (χ3v) is 4.48. The summed E-state index contributed by atoms with van der Waals surface area (Å²) in [6, 6.07) is 14.6. The van der Waals surface area contributed by atoms with Gasteiger partial charge in [-0.05, 0) is 48.2 Å². The summed E-state index contributed by atoms with van der Waals surface area (Å²) in [7, 11) is 0. The molecule has 4 rings (SSSR count). The van der Waals surface area contributed by atoms with E-state index >= 15 is 0 Å². The molecule has 1 aliphatic rings. The number of benzene rings is 2. The van der Waals surface area contributed by atoms with E-state index in [4.69, 9.17) is 4.98 Å². The number of aryl methyl sites for hydroxylation is 2. The molecule has 3 aromatic rings. The lowest BCUT2D eigenvalue weighted by molar-refractivity contribution is -0.114. The summed E-state index contributed by atoms with van der Waals surface area (Å²) in [5.41, 5.74) is 4.99. The molecule has 1 aromatic heterocycles. The number of rotatable bonds is 3. The minimum Gasteiger partial charge on any atom is -0.309 e. The largest absolute Gasteiger partial charge is 0.309 e. The van der Waals surface area contributed by atoms with Crippen molar-refractivity contribution in [2.45, 2.75) is 19.8 Å². The minimum atomic E-state index is -0.246. The summed E-state index contributed by atoms with van der Waals surface area (Å²) in [4.78, 5) is 21.0. The van der Waals surface area contributed by atoms with E-state index in [2.05, 4.69) is 10.3 Å². The molecule has 1 heterocycles. The third-order valence-electron chi connectivity index (χ3n) is 4.48. The van der Waals surface area contributed by atoms with Crippen LogP contribution in [0.25, 0.3) is 23.4 Å². The number of fused-ring (bicyclic) bond motifs is 3. The second-order valence-corrected chi connectivity index (χ2v) is 6.48. The Bertz CT molecular complexity index is 1040. The molecule has 4 nitrogen and oxygen atoms in total. The van der Waals surface area contributed by atoms with Crippen LogP contribution >= 0.6 is 0 Å². The molecule has 0 bridgehead atoms. The molecule has 1 amide bonds. The zero-order valence-electron chi connectivity index (χ0n) is 14.9. The van der Waals surface area contributed by atoms with Gasteiger partial charge in [0.25, 0.3) is 0 Å². The maximum absolute atomic E-state index is 13.6. The molecule has 5 heteroatoms. The molecular weight excluding hydrogens is 341 g/mol. The van der Waals surface area contributed by atoms with E-state index in [1.807, 2.05) is 42.5 Å². The number of nitrogens with one attached hydrogen (secondary N) is 1. The first-order chi connectivity index (χ1) is 13.1. The smallest absolute Gasteiger partial charge is 0.222 e. The number of anilines is 1. The predicted molar refractivity (Wildman–Crippen MR) is 105 cm³/mol. The van der Waals surface area contributed by atoms with E-state index in [1.54, 1.807) is 12.1 Å². The first-order valence-electron chi connectivity index (χ1n) is 8.80. The van der Waals surface area contributed by atoms with Crippen LogP contribution in [0.3, 0.4) is 0 Å². The van der Waals surface area contributed by atoms with Gasteiger partial charge in [-0.3, -0.25) is 4.79 Å². The van der Waals surface area contributed by atoms with Gasteiger partial charge < -0.3 is 5.32 Å². The van der Waals surface area contributed by atoms with Crippen LogP contribution in [-0.4, -0.2) is 15.9 Å². The fourth-order valence-corrected chi connectivity index (χ4v) is 3.24. The Balaban J connectivity index is 1.82. The lowest BCUT2D eigenvalue weighted by Crippen LogP contribution is -2.15. The zero-order chi connectivity index (χ0) is 18.8. The molecule has 27 heavy (non-hydrogen) atoms. The fourth-order valence-electron chi connectivity index (χ4n) is 3.24. The normalized spacial score (nSPS) is 12.5. The van der Waals surface area contributed by atoms with Gasteiger partial charge in [-0.25, -0.2) is 14.4 Å². The zero-order valence-corrected chi connectivity index (χ0v) is 14.9. The molecule has 1 N–H and O–H groups in total. The summed E-state index contributed by atoms with van der Waals surface area (Å²) >= 11 is 0. The Morgan fingerprint density at radius 1 is 1.07 bits per heavy atom. The van der Waals surface area contributed by atoms with Gasteiger partial charge in [0, 0.05) is 12.5 Å². The van der Waals surface area contributed by atoms with Gasteiger partial charge in [-0.1, -0.05) is 36.4 Å². The lowest BCUT2D eigenvalue weighted by atomic mass is 9.91. The highest BCUT2D eigenvalue weighted by molar-refractivity contribution is 5.90. The Morgan fingerprint density at radius 2 is 1.89 bits per heavy atom. The first kappa shape index (κ1) is 17.1. The quantitative estimate of drug-likeness (QED) is 0.749. The molecule has 0 radical (unpaired) electrons. The number of halogens is 1. The molecule has 0 saturated carbocycles. The Hall–Kier alpha value is -3.34. The van der Waals surface area contributed by atoms with E-state index < -0.39 is 0 Å². The molecule has 134 valence electrons. The second kappa shape index (κ2) is 7.11. The standard InChI is InChI=1S/C22H18FN3O/c1-14(27)24-22-20(11-7-15-5-3-2-4-6-15)25-21-18-10-9-17(23)13-16(18)8-12-19(21)26-22/h2-7,9-11,13H,8,12H2,1H3,(H,24,26,27). The average Bonchev–Trinajstić information content (AvgIpc) is 2.66. The van der Waals surface area contributed by atoms with E-state index in [1.165, 1.54) is 13.0 Å². The van der Waals surface area contributed by atoms with E-state index in [9.17, 15) is 9.18 Å². The number of aromatic nitrogens is 2. The van der Waals surface area contributed by atoms with Crippen LogP contribution in [0.2, 0.25) is 0 Å². The molecule has 0 unspecified atom stereocenters. The van der Waals surface area contributed by atoms with Crippen LogP contribution in [0.5, 0.6) is 0 Å². The molecule has 0 fully saturated rings. The molecule has 0 saturated heterocycles. The highest BCUT2D eigenvalue weighted by atomic mass is 19.1. The average molecular weight is 359 g/mol. The molecule has 1 aliphatic carbocycles. The molecule has 0 spiro atoms. The monoisotopic (exact) mass is 359 g/mol. The molecule has 0 aliphatic heterocycles. The van der Waals surface area contributed by atoms with Gasteiger partial charge in [0.1, 0.15) is 11.5 Å². The topological polar surface area (TPSA) is 54.9 Å². The Labute approximate surface area is 156 Å². The fraction of sp³-hybridized carbons (Fsp3) is 0.136. The minimum absolute atomic E-state index is 0.197. The highest BCUT2D eigenvalue weighted by Crippen LogP contribution is 2.33. The van der Waals surface area contributed by atoms with Crippen LogP contribution in [0.4, 0.5) is 10.2 Å². The maximum atomic E-state index is 13.6. The van der Waals surface area contributed by atoms with Crippen molar-refractivity contribution in [2.75, 3.05) is 5.32 Å². The number of carbonyl (C=O) groups excluding carboxylic acids is 1. The van der Waals surface area contributed by atoms with Crippen molar-refractivity contribution in [1.82, 2.24) is 9.97 Å². The molecule has 0 atom stereocenters. The number of nitrogens with zero attached hydrogens (tertiary/aromatic N) is 2. The SMILES string of the molecule is CC(=O)Nc1nc2c(nc1C=Cc1ccccc1)-c1ccc(F)cc1CC2. The van der Waals surface area contributed by atoms with Crippen LogP contribution in [-0.2, 0) is 17.6 Å². The number of hydrogen-bond donors (Lipinski definition) is 1. The van der Waals surface area contributed by atoms with Crippen molar-refractivity contribution in [3.63, 3.8) is 0 Å². The summed E-state index contributed by atoms with van der Waals surface area (Å²) in [6.45, 7) is 1.45. The predicted octanol–water partition coefficient (Wildman–Crippen LogP) is 4.51. The molecule has 2 aromatic carbocycles. The van der Waals surface area contributed by atoms with Gasteiger partial charge in [-0.2, -0.15) is 0 Å². The van der Waals surface area contributed by atoms with Crippen LogP contribution in [0.15, 0.2) is 48.5 Å². The summed E-state index contributed by atoms with van der Waals surface area (Å²) in [6.07, 6.45) is 5.13. The van der Waals surface area contributed by atoms with Gasteiger partial charge >= 0.3 is 0 Å². The van der Waals surface area contributed by atoms with Gasteiger partial charge in [0.15, 0.2) is 5.82 Å². The number of amides is 1. The summed E-state index contributed by atoms with van der Waals surface area (Å²) < 4.78 is 13.6. The number of carbonyl (C=O) groups is 1. The first-order valence-corrected chi connectivity index (χ1v) is 8.80. The van der Waals surface area contributed by atoms with Crippen LogP contribution in [0, 0.1) is 5.82 Å². The Morgan fingerprint density at radius 3 is 2.67 bits per heavy atom. The van der Waals surface area contributed by atoms with Crippen LogP contribution in [0.1, 0.15) is 29.4 Å². The van der Waals surface area contributed by atoms with Gasteiger partial charge in [0.05, 0.1) is 11.4 Å². The molecular formula is C22H18FN3O. The number of hydrogen-bond acceptors (Lipinski definition) is 3. The van der Waals surface area contributed by atoms with Gasteiger partial charge in [0.2, 0.25) is 5.91 Å². The summed E-state index contributed by atoms with van der Waals surface area (Å²) in [5, 5.41) is 2.77. The van der Waals surface area contributed by atoms with E-state index in [0.717, 1.165) is 28.1 Å². The highest BCUT2D eigenvalue weighted by Gasteiger charge is 2.21. The van der Waals surface area contributed by atoms with Crippen LogP contribution < -0.4 is 5.32 Å². The van der Waals surface area contributed by atoms with Gasteiger partial charge in [-0.15, -0.1) is 0 Å². The van der Waals surface area contributed by atoms with Crippen molar-refractivity contribution in [1.29, 1.82) is 0 Å². The van der Waals surface area contributed by atoms with Crippen molar-refractivity contribution in [3.05, 3.63) is 76.9 Å². The summed E-state index contributed by atoms with van der Waals surface area (Å²) in [5.74, 6) is 0.0000992. The van der Waals surface area contributed by atoms with E-state index in [0.29, 0.717) is 24.4 Å². The van der Waals surface area contributed by atoms with Crippen molar-refractivity contribution >= 4 is 23.9 Å². The Kier molecular flexibility index (Phi) is 4.50. The van der Waals surface area contributed by atoms with Crippen molar-refractivity contribution in [3.8, 4) is 11.3 Å². The third kappa shape index (κ3) is 3.62.